The first-order valence-electron chi connectivity index (χ1n) is 5.23. The summed E-state index contributed by atoms with van der Waals surface area (Å²) < 4.78 is 5.34. The van der Waals surface area contributed by atoms with Crippen LogP contribution in [0.4, 0.5) is 0 Å². The highest BCUT2D eigenvalue weighted by atomic mass is 32.1. The Bertz CT molecular complexity index is 126. The van der Waals surface area contributed by atoms with Crippen molar-refractivity contribution in [3.05, 3.63) is 0 Å². The number of hydrogen-bond acceptors (Lipinski definition) is 3. The molecule has 2 nitrogen and oxygen atoms in total. The molecule has 0 atom stereocenters. The van der Waals surface area contributed by atoms with Gasteiger partial charge in [-0.1, -0.05) is 0 Å². The van der Waals surface area contributed by atoms with Crippen LogP contribution in [0.5, 0.6) is 0 Å². The summed E-state index contributed by atoms with van der Waals surface area (Å²) in [4.78, 5) is 2.48. The zero-order valence-electron chi connectivity index (χ0n) is 8.54. The lowest BCUT2D eigenvalue weighted by Gasteiger charge is -2.31. The third-order valence-electron chi connectivity index (χ3n) is 2.73. The lowest BCUT2D eigenvalue weighted by molar-refractivity contribution is 0.0427. The first kappa shape index (κ1) is 11.3. The van der Waals surface area contributed by atoms with E-state index in [-0.39, 0.29) is 0 Å². The second kappa shape index (κ2) is 6.68. The van der Waals surface area contributed by atoms with Crippen molar-refractivity contribution in [2.24, 2.45) is 0 Å². The molecular formula is C10H21NOS. The third-order valence-corrected chi connectivity index (χ3v) is 3.05. The van der Waals surface area contributed by atoms with E-state index in [0.29, 0.717) is 0 Å². The summed E-state index contributed by atoms with van der Waals surface area (Å²) >= 11 is 4.21. The van der Waals surface area contributed by atoms with E-state index >= 15 is 0 Å². The van der Waals surface area contributed by atoms with E-state index < -0.39 is 0 Å². The van der Waals surface area contributed by atoms with Gasteiger partial charge in [0.15, 0.2) is 0 Å². The van der Waals surface area contributed by atoms with Gasteiger partial charge in [-0.2, -0.15) is 12.6 Å². The van der Waals surface area contributed by atoms with E-state index in [4.69, 9.17) is 4.74 Å². The molecule has 1 aliphatic heterocycles. The molecule has 0 aromatic carbocycles. The molecule has 78 valence electrons. The molecule has 0 bridgehead atoms. The molecule has 0 radical (unpaired) electrons. The van der Waals surface area contributed by atoms with Gasteiger partial charge in [-0.3, -0.25) is 0 Å². The lowest BCUT2D eigenvalue weighted by atomic mass is 10.1. The average Bonchev–Trinajstić information content (AvgIpc) is 2.19. The standard InChI is InChI=1S/C10H21NOS/c1-11(6-2-3-9-13)10-4-7-12-8-5-10/h10,13H,2-9H2,1H3. The van der Waals surface area contributed by atoms with Gasteiger partial charge in [-0.25, -0.2) is 0 Å². The Morgan fingerprint density at radius 3 is 2.62 bits per heavy atom. The number of thiol groups is 1. The van der Waals surface area contributed by atoms with Gasteiger partial charge in [0.2, 0.25) is 0 Å². The van der Waals surface area contributed by atoms with Crippen LogP contribution in [0, 0.1) is 0 Å². The van der Waals surface area contributed by atoms with E-state index in [0.717, 1.165) is 25.0 Å². The fourth-order valence-corrected chi connectivity index (χ4v) is 2.01. The van der Waals surface area contributed by atoms with E-state index in [1.807, 2.05) is 0 Å². The second-order valence-electron chi connectivity index (χ2n) is 3.75. The van der Waals surface area contributed by atoms with Crippen molar-refractivity contribution in [2.75, 3.05) is 32.6 Å². The van der Waals surface area contributed by atoms with Crippen LogP contribution in [-0.2, 0) is 4.74 Å². The van der Waals surface area contributed by atoms with Gasteiger partial charge in [0, 0.05) is 19.3 Å². The number of ether oxygens (including phenoxy) is 1. The summed E-state index contributed by atoms with van der Waals surface area (Å²) in [5, 5.41) is 0. The van der Waals surface area contributed by atoms with Crippen molar-refractivity contribution < 1.29 is 4.74 Å². The van der Waals surface area contributed by atoms with Crippen LogP contribution in [0.1, 0.15) is 25.7 Å². The molecule has 1 heterocycles. The van der Waals surface area contributed by atoms with Crippen LogP contribution in [0.25, 0.3) is 0 Å². The molecule has 1 saturated heterocycles. The zero-order valence-corrected chi connectivity index (χ0v) is 9.43. The van der Waals surface area contributed by atoms with E-state index in [1.54, 1.807) is 0 Å². The van der Waals surface area contributed by atoms with Gasteiger partial charge < -0.3 is 9.64 Å². The predicted octanol–water partition coefficient (Wildman–Crippen LogP) is 1.81. The molecule has 0 saturated carbocycles. The number of rotatable bonds is 5. The van der Waals surface area contributed by atoms with Gasteiger partial charge >= 0.3 is 0 Å². The fraction of sp³-hybridized carbons (Fsp3) is 1.00. The minimum atomic E-state index is 0.758. The number of hydrogen-bond donors (Lipinski definition) is 1. The van der Waals surface area contributed by atoms with Crippen LogP contribution in [0.3, 0.4) is 0 Å². The SMILES string of the molecule is CN(CCCCS)C1CCOCC1. The van der Waals surface area contributed by atoms with Gasteiger partial charge in [0.05, 0.1) is 0 Å². The van der Waals surface area contributed by atoms with E-state index in [1.165, 1.54) is 32.2 Å². The van der Waals surface area contributed by atoms with Crippen LogP contribution in [0.2, 0.25) is 0 Å². The Hall–Kier alpha value is 0.270. The minimum absolute atomic E-state index is 0.758. The van der Waals surface area contributed by atoms with E-state index in [9.17, 15) is 0 Å². The number of nitrogens with zero attached hydrogens (tertiary/aromatic N) is 1. The van der Waals surface area contributed by atoms with Gasteiger partial charge in [-0.05, 0) is 45.0 Å². The summed E-state index contributed by atoms with van der Waals surface area (Å²) in [6.45, 7) is 3.11. The van der Waals surface area contributed by atoms with Crippen LogP contribution >= 0.6 is 12.6 Å². The Morgan fingerprint density at radius 2 is 2.00 bits per heavy atom. The molecule has 1 rings (SSSR count). The lowest BCUT2D eigenvalue weighted by Crippen LogP contribution is -2.37. The highest BCUT2D eigenvalue weighted by Crippen LogP contribution is 2.13. The normalized spacial score (nSPS) is 19.6. The van der Waals surface area contributed by atoms with Gasteiger partial charge in [0.25, 0.3) is 0 Å². The molecule has 0 aliphatic carbocycles. The summed E-state index contributed by atoms with van der Waals surface area (Å²) in [5.41, 5.74) is 0. The van der Waals surface area contributed by atoms with Gasteiger partial charge in [0.1, 0.15) is 0 Å². The Labute approximate surface area is 87.0 Å². The van der Waals surface area contributed by atoms with E-state index in [2.05, 4.69) is 24.6 Å². The topological polar surface area (TPSA) is 12.5 Å². The minimum Gasteiger partial charge on any atom is -0.381 e. The predicted molar refractivity (Wildman–Crippen MR) is 59.6 cm³/mol. The number of unbranched alkanes of at least 4 members (excludes halogenated alkanes) is 1. The summed E-state index contributed by atoms with van der Waals surface area (Å²) in [5.74, 6) is 1.02. The van der Waals surface area contributed by atoms with Crippen molar-refractivity contribution in [3.8, 4) is 0 Å². The molecular weight excluding hydrogens is 182 g/mol. The van der Waals surface area contributed by atoms with Crippen molar-refractivity contribution in [1.29, 1.82) is 0 Å². The molecule has 1 aliphatic rings. The van der Waals surface area contributed by atoms with Crippen molar-refractivity contribution >= 4 is 12.6 Å². The monoisotopic (exact) mass is 203 g/mol. The second-order valence-corrected chi connectivity index (χ2v) is 4.20. The largest absolute Gasteiger partial charge is 0.381 e. The Morgan fingerprint density at radius 1 is 1.31 bits per heavy atom. The molecule has 0 aromatic heterocycles. The molecule has 3 heteroatoms. The Balaban J connectivity index is 2.09. The van der Waals surface area contributed by atoms with Crippen molar-refractivity contribution in [1.82, 2.24) is 4.90 Å². The summed E-state index contributed by atoms with van der Waals surface area (Å²) in [6, 6.07) is 0.758. The van der Waals surface area contributed by atoms with Gasteiger partial charge in [-0.15, -0.1) is 0 Å². The first-order chi connectivity index (χ1) is 6.34. The van der Waals surface area contributed by atoms with Crippen molar-refractivity contribution in [2.45, 2.75) is 31.7 Å². The van der Waals surface area contributed by atoms with Crippen LogP contribution in [0.15, 0.2) is 0 Å². The Kier molecular flexibility index (Phi) is 5.83. The zero-order chi connectivity index (χ0) is 9.52. The molecule has 0 spiro atoms. The smallest absolute Gasteiger partial charge is 0.0480 e. The quantitative estimate of drug-likeness (QED) is 0.540. The first-order valence-corrected chi connectivity index (χ1v) is 5.86. The maximum Gasteiger partial charge on any atom is 0.0480 e. The molecule has 13 heavy (non-hydrogen) atoms. The summed E-state index contributed by atoms with van der Waals surface area (Å²) in [7, 11) is 2.23. The highest BCUT2D eigenvalue weighted by molar-refractivity contribution is 7.80. The highest BCUT2D eigenvalue weighted by Gasteiger charge is 2.17. The molecule has 0 aromatic rings. The molecule has 0 amide bonds. The maximum absolute atomic E-state index is 5.34. The van der Waals surface area contributed by atoms with Crippen LogP contribution in [-0.4, -0.2) is 43.5 Å². The molecule has 0 unspecified atom stereocenters. The van der Waals surface area contributed by atoms with Crippen LogP contribution < -0.4 is 0 Å². The third kappa shape index (κ3) is 4.34. The molecule has 0 N–H and O–H groups in total. The summed E-state index contributed by atoms with van der Waals surface area (Å²) in [6.07, 6.45) is 4.92. The average molecular weight is 203 g/mol. The molecule has 1 fully saturated rings. The fourth-order valence-electron chi connectivity index (χ4n) is 1.78. The maximum atomic E-state index is 5.34. The van der Waals surface area contributed by atoms with Crippen molar-refractivity contribution in [3.63, 3.8) is 0 Å².